The van der Waals surface area contributed by atoms with Crippen molar-refractivity contribution in [3.8, 4) is 0 Å². The third-order valence-corrected chi connectivity index (χ3v) is 4.32. The number of aliphatic imine (C=N–C) groups is 1. The van der Waals surface area contributed by atoms with E-state index in [0.717, 1.165) is 36.9 Å². The predicted molar refractivity (Wildman–Crippen MR) is 104 cm³/mol. The Morgan fingerprint density at radius 2 is 1.76 bits per heavy atom. The third-order valence-electron chi connectivity index (χ3n) is 4.32. The van der Waals surface area contributed by atoms with Gasteiger partial charge in [0.25, 0.3) is 0 Å². The largest absolute Gasteiger partial charge is 0.356 e. The number of rotatable bonds is 11. The van der Waals surface area contributed by atoms with Gasteiger partial charge in [-0.3, -0.25) is 9.39 Å². The summed E-state index contributed by atoms with van der Waals surface area (Å²) < 4.78 is 2.02. The fourth-order valence-corrected chi connectivity index (χ4v) is 2.86. The molecule has 0 radical (unpaired) electrons. The quantitative estimate of drug-likeness (QED) is 0.373. The maximum atomic E-state index is 4.28. The fourth-order valence-electron chi connectivity index (χ4n) is 2.86. The van der Waals surface area contributed by atoms with Crippen LogP contribution in [0, 0.1) is 0 Å². The van der Waals surface area contributed by atoms with Gasteiger partial charge in [0.15, 0.2) is 11.6 Å². The van der Waals surface area contributed by atoms with E-state index < -0.39 is 0 Å². The van der Waals surface area contributed by atoms with Crippen molar-refractivity contribution in [2.24, 2.45) is 4.99 Å². The van der Waals surface area contributed by atoms with Gasteiger partial charge >= 0.3 is 0 Å². The van der Waals surface area contributed by atoms with Gasteiger partial charge in [-0.15, -0.1) is 10.2 Å². The van der Waals surface area contributed by atoms with Crippen molar-refractivity contribution in [3.05, 3.63) is 30.2 Å². The zero-order chi connectivity index (χ0) is 17.7. The van der Waals surface area contributed by atoms with E-state index in [0.29, 0.717) is 0 Å². The van der Waals surface area contributed by atoms with Gasteiger partial charge in [-0.05, 0) is 18.6 Å². The molecule has 0 fully saturated rings. The number of aromatic nitrogens is 3. The zero-order valence-electron chi connectivity index (χ0n) is 15.7. The van der Waals surface area contributed by atoms with Crippen LogP contribution >= 0.6 is 0 Å². The van der Waals surface area contributed by atoms with Crippen molar-refractivity contribution in [2.75, 3.05) is 20.1 Å². The second-order valence-electron chi connectivity index (χ2n) is 6.34. The Bertz CT molecular complexity index is 634. The Kier molecular flexibility index (Phi) is 8.80. The summed E-state index contributed by atoms with van der Waals surface area (Å²) in [7, 11) is 1.81. The molecule has 0 aliphatic carbocycles. The Hall–Kier alpha value is -2.11. The first-order chi connectivity index (χ1) is 12.3. The van der Waals surface area contributed by atoms with Crippen LogP contribution in [0.15, 0.2) is 29.4 Å². The lowest BCUT2D eigenvalue weighted by molar-refractivity contribution is 0.583. The molecule has 0 aromatic carbocycles. The van der Waals surface area contributed by atoms with Crippen LogP contribution in [0.1, 0.15) is 57.7 Å². The Morgan fingerprint density at radius 1 is 1.00 bits per heavy atom. The maximum absolute atomic E-state index is 4.28. The van der Waals surface area contributed by atoms with E-state index >= 15 is 0 Å². The second-order valence-corrected chi connectivity index (χ2v) is 6.34. The summed E-state index contributed by atoms with van der Waals surface area (Å²) in [6.07, 6.45) is 12.1. The lowest BCUT2D eigenvalue weighted by atomic mass is 10.1. The van der Waals surface area contributed by atoms with Crippen LogP contribution < -0.4 is 10.6 Å². The van der Waals surface area contributed by atoms with Crippen LogP contribution in [0.3, 0.4) is 0 Å². The molecule has 25 heavy (non-hydrogen) atoms. The molecule has 6 heteroatoms. The van der Waals surface area contributed by atoms with Gasteiger partial charge in [-0.2, -0.15) is 0 Å². The topological polar surface area (TPSA) is 66.6 Å². The predicted octanol–water partition coefficient (Wildman–Crippen LogP) is 3.19. The SMILES string of the molecule is CCCCCCCCCNC(=NC)NCCc1nnc2ccccn12. The summed E-state index contributed by atoms with van der Waals surface area (Å²) in [6.45, 7) is 4.02. The zero-order valence-corrected chi connectivity index (χ0v) is 15.7. The lowest BCUT2D eigenvalue weighted by Gasteiger charge is -2.11. The van der Waals surface area contributed by atoms with E-state index in [9.17, 15) is 0 Å². The summed E-state index contributed by atoms with van der Waals surface area (Å²) in [5, 5.41) is 15.2. The third kappa shape index (κ3) is 6.72. The molecular weight excluding hydrogens is 312 g/mol. The Balaban J connectivity index is 1.59. The van der Waals surface area contributed by atoms with Crippen LogP contribution in [0.5, 0.6) is 0 Å². The summed E-state index contributed by atoms with van der Waals surface area (Å²) in [4.78, 5) is 4.28. The van der Waals surface area contributed by atoms with Gasteiger partial charge in [0.05, 0.1) is 0 Å². The summed E-state index contributed by atoms with van der Waals surface area (Å²) >= 11 is 0. The van der Waals surface area contributed by atoms with E-state index in [1.54, 1.807) is 0 Å². The van der Waals surface area contributed by atoms with Crippen LogP contribution in [0.25, 0.3) is 5.65 Å². The monoisotopic (exact) mass is 344 g/mol. The van der Waals surface area contributed by atoms with Crippen molar-refractivity contribution in [2.45, 2.75) is 58.3 Å². The molecule has 0 saturated heterocycles. The summed E-state index contributed by atoms with van der Waals surface area (Å²) in [5.41, 5.74) is 0.888. The highest BCUT2D eigenvalue weighted by atomic mass is 15.2. The highest BCUT2D eigenvalue weighted by molar-refractivity contribution is 5.79. The number of nitrogens with zero attached hydrogens (tertiary/aromatic N) is 4. The number of nitrogens with one attached hydrogen (secondary N) is 2. The van der Waals surface area contributed by atoms with Crippen LogP contribution in [0.4, 0.5) is 0 Å². The van der Waals surface area contributed by atoms with Gasteiger partial charge in [0, 0.05) is 32.8 Å². The molecule has 0 atom stereocenters. The van der Waals surface area contributed by atoms with Crippen molar-refractivity contribution < 1.29 is 0 Å². The first kappa shape index (κ1) is 19.2. The van der Waals surface area contributed by atoms with Gasteiger partial charge in [-0.25, -0.2) is 0 Å². The maximum Gasteiger partial charge on any atom is 0.190 e. The van der Waals surface area contributed by atoms with Gasteiger partial charge in [0.2, 0.25) is 0 Å². The molecule has 138 valence electrons. The van der Waals surface area contributed by atoms with E-state index in [2.05, 4.69) is 32.7 Å². The smallest absolute Gasteiger partial charge is 0.190 e. The van der Waals surface area contributed by atoms with Crippen LogP contribution in [-0.2, 0) is 6.42 Å². The highest BCUT2D eigenvalue weighted by Crippen LogP contribution is 2.06. The lowest BCUT2D eigenvalue weighted by Crippen LogP contribution is -2.38. The minimum atomic E-state index is 0.784. The standard InChI is InChI=1S/C19H32N6/c1-3-4-5-6-7-8-10-14-21-19(20-2)22-15-13-18-24-23-17-12-9-11-16-25(17)18/h9,11-12,16H,3-8,10,13-15H2,1-2H3,(H2,20,21,22). The molecule has 2 N–H and O–H groups in total. The first-order valence-corrected chi connectivity index (χ1v) is 9.58. The Morgan fingerprint density at radius 3 is 2.56 bits per heavy atom. The van der Waals surface area contributed by atoms with Crippen molar-refractivity contribution in [3.63, 3.8) is 0 Å². The number of guanidine groups is 1. The first-order valence-electron chi connectivity index (χ1n) is 9.58. The molecule has 6 nitrogen and oxygen atoms in total. The molecule has 0 bridgehead atoms. The second kappa shape index (κ2) is 11.4. The summed E-state index contributed by atoms with van der Waals surface area (Å²) in [5.74, 6) is 1.82. The number of unbranched alkanes of at least 4 members (excludes halogenated alkanes) is 6. The van der Waals surface area contributed by atoms with E-state index in [1.807, 2.05) is 35.8 Å². The molecule has 2 aromatic rings. The van der Waals surface area contributed by atoms with E-state index in [4.69, 9.17) is 0 Å². The van der Waals surface area contributed by atoms with Crippen molar-refractivity contribution in [1.29, 1.82) is 0 Å². The van der Waals surface area contributed by atoms with Crippen LogP contribution in [-0.4, -0.2) is 40.7 Å². The van der Waals surface area contributed by atoms with E-state index in [-0.39, 0.29) is 0 Å². The van der Waals surface area contributed by atoms with Crippen LogP contribution in [0.2, 0.25) is 0 Å². The minimum Gasteiger partial charge on any atom is -0.356 e. The average molecular weight is 345 g/mol. The van der Waals surface area contributed by atoms with Gasteiger partial charge < -0.3 is 10.6 Å². The molecule has 0 aliphatic rings. The molecule has 0 unspecified atom stereocenters. The van der Waals surface area contributed by atoms with Crippen molar-refractivity contribution in [1.82, 2.24) is 25.2 Å². The number of fused-ring (bicyclic) bond motifs is 1. The van der Waals surface area contributed by atoms with Gasteiger partial charge in [-0.1, -0.05) is 51.5 Å². The molecule has 2 heterocycles. The molecular formula is C19H32N6. The molecule has 0 spiro atoms. The number of hydrogen-bond donors (Lipinski definition) is 2. The average Bonchev–Trinajstić information content (AvgIpc) is 3.05. The molecule has 2 rings (SSSR count). The number of pyridine rings is 1. The molecule has 0 amide bonds. The fraction of sp³-hybridized carbons (Fsp3) is 0.632. The van der Waals surface area contributed by atoms with Crippen molar-refractivity contribution >= 4 is 11.6 Å². The van der Waals surface area contributed by atoms with E-state index in [1.165, 1.54) is 44.9 Å². The van der Waals surface area contributed by atoms with Gasteiger partial charge in [0.1, 0.15) is 5.82 Å². The normalized spacial score (nSPS) is 11.8. The Labute approximate surface area is 151 Å². The minimum absolute atomic E-state index is 0.784. The molecule has 0 saturated carbocycles. The highest BCUT2D eigenvalue weighted by Gasteiger charge is 2.04. The molecule has 2 aromatic heterocycles. The number of hydrogen-bond acceptors (Lipinski definition) is 3. The molecule has 0 aliphatic heterocycles. The summed E-state index contributed by atoms with van der Waals surface area (Å²) in [6, 6.07) is 5.93.